The molecule has 0 amide bonds. The lowest BCUT2D eigenvalue weighted by Crippen LogP contribution is -2.07. The first kappa shape index (κ1) is 15.5. The van der Waals surface area contributed by atoms with E-state index in [1.165, 1.54) is 0 Å². The number of rotatable bonds is 2. The van der Waals surface area contributed by atoms with Crippen LogP contribution in [0.1, 0.15) is 33.9 Å². The van der Waals surface area contributed by atoms with E-state index < -0.39 is 11.9 Å². The second kappa shape index (κ2) is 5.84. The molecule has 0 aliphatic rings. The van der Waals surface area contributed by atoms with Crippen molar-refractivity contribution in [2.45, 2.75) is 26.9 Å². The third-order valence-corrected chi connectivity index (χ3v) is 4.63. The molecule has 20 heavy (non-hydrogen) atoms. The van der Waals surface area contributed by atoms with Gasteiger partial charge in [-0.25, -0.2) is 4.39 Å². The Balaban J connectivity index is 2.58. The average molecular weight is 358 g/mol. The number of hydrogen-bond acceptors (Lipinski definition) is 1. The molecule has 4 heteroatoms. The summed E-state index contributed by atoms with van der Waals surface area (Å²) in [4.78, 5) is 0. The molecule has 2 aromatic carbocycles. The summed E-state index contributed by atoms with van der Waals surface area (Å²) in [6, 6.07) is 7.14. The number of hydrogen-bond donors (Lipinski definition) is 1. The van der Waals surface area contributed by atoms with Crippen LogP contribution in [0.2, 0.25) is 5.02 Å². The summed E-state index contributed by atoms with van der Waals surface area (Å²) in [6.45, 7) is 5.82. The van der Waals surface area contributed by atoms with E-state index in [0.717, 1.165) is 22.3 Å². The van der Waals surface area contributed by atoms with Gasteiger partial charge in [0.25, 0.3) is 0 Å². The second-order valence-corrected chi connectivity index (χ2v) is 6.21. The molecule has 2 aromatic rings. The number of aliphatic hydroxyl groups excluding tert-OH is 1. The lowest BCUT2D eigenvalue weighted by Gasteiger charge is -2.19. The van der Waals surface area contributed by atoms with E-state index in [0.29, 0.717) is 4.47 Å². The van der Waals surface area contributed by atoms with E-state index in [-0.39, 0.29) is 10.6 Å². The van der Waals surface area contributed by atoms with Gasteiger partial charge in [0.15, 0.2) is 0 Å². The van der Waals surface area contributed by atoms with Crippen molar-refractivity contribution in [3.05, 3.63) is 67.4 Å². The SMILES string of the molecule is Cc1cc(C)c(C(O)c2ccc(Br)c(Cl)c2F)c(C)c1. The Labute approximate surface area is 131 Å². The van der Waals surface area contributed by atoms with Gasteiger partial charge in [0, 0.05) is 10.0 Å². The maximum Gasteiger partial charge on any atom is 0.149 e. The molecule has 0 saturated carbocycles. The van der Waals surface area contributed by atoms with Crippen LogP contribution in [0.25, 0.3) is 0 Å². The summed E-state index contributed by atoms with van der Waals surface area (Å²) in [5, 5.41) is 10.5. The third kappa shape index (κ3) is 2.76. The van der Waals surface area contributed by atoms with Crippen molar-refractivity contribution in [2.75, 3.05) is 0 Å². The van der Waals surface area contributed by atoms with Crippen LogP contribution >= 0.6 is 27.5 Å². The lowest BCUT2D eigenvalue weighted by atomic mass is 9.92. The molecule has 1 atom stereocenters. The summed E-state index contributed by atoms with van der Waals surface area (Å²) in [7, 11) is 0. The Morgan fingerprint density at radius 1 is 1.15 bits per heavy atom. The summed E-state index contributed by atoms with van der Waals surface area (Å²) < 4.78 is 14.7. The highest BCUT2D eigenvalue weighted by Crippen LogP contribution is 2.35. The van der Waals surface area contributed by atoms with Crippen molar-refractivity contribution in [3.8, 4) is 0 Å². The molecule has 106 valence electrons. The van der Waals surface area contributed by atoms with Gasteiger partial charge < -0.3 is 5.11 Å². The zero-order chi connectivity index (χ0) is 15.0. The minimum Gasteiger partial charge on any atom is -0.384 e. The van der Waals surface area contributed by atoms with Crippen molar-refractivity contribution in [3.63, 3.8) is 0 Å². The molecule has 1 N–H and O–H groups in total. The van der Waals surface area contributed by atoms with Gasteiger partial charge in [-0.15, -0.1) is 0 Å². The largest absolute Gasteiger partial charge is 0.384 e. The van der Waals surface area contributed by atoms with Gasteiger partial charge in [0.05, 0.1) is 5.02 Å². The number of halogens is 3. The van der Waals surface area contributed by atoms with Crippen LogP contribution in [-0.2, 0) is 0 Å². The molecule has 0 aliphatic heterocycles. The fraction of sp³-hybridized carbons (Fsp3) is 0.250. The normalized spacial score (nSPS) is 12.6. The van der Waals surface area contributed by atoms with E-state index in [2.05, 4.69) is 15.9 Å². The van der Waals surface area contributed by atoms with Crippen molar-refractivity contribution in [1.82, 2.24) is 0 Å². The van der Waals surface area contributed by atoms with E-state index >= 15 is 0 Å². The Morgan fingerprint density at radius 2 is 1.70 bits per heavy atom. The standard InChI is InChI=1S/C16H15BrClFO/c1-8-6-9(2)13(10(3)7-8)16(20)11-4-5-12(17)14(18)15(11)19/h4-7,16,20H,1-3H3. The summed E-state index contributed by atoms with van der Waals surface area (Å²) in [6.07, 6.45) is -1.03. The summed E-state index contributed by atoms with van der Waals surface area (Å²) in [5.41, 5.74) is 3.91. The predicted octanol–water partition coefficient (Wildman–Crippen LogP) is 5.25. The van der Waals surface area contributed by atoms with Crippen molar-refractivity contribution in [1.29, 1.82) is 0 Å². The summed E-state index contributed by atoms with van der Waals surface area (Å²) >= 11 is 9.06. The van der Waals surface area contributed by atoms with Crippen molar-refractivity contribution < 1.29 is 9.50 Å². The van der Waals surface area contributed by atoms with Crippen LogP contribution in [0.5, 0.6) is 0 Å². The molecular weight excluding hydrogens is 343 g/mol. The van der Waals surface area contributed by atoms with E-state index in [9.17, 15) is 9.50 Å². The van der Waals surface area contributed by atoms with E-state index in [1.807, 2.05) is 32.9 Å². The zero-order valence-corrected chi connectivity index (χ0v) is 13.8. The fourth-order valence-electron chi connectivity index (χ4n) is 2.53. The maximum atomic E-state index is 14.2. The fourth-order valence-corrected chi connectivity index (χ4v) is 3.01. The van der Waals surface area contributed by atoms with Crippen molar-refractivity contribution >= 4 is 27.5 Å². The highest BCUT2D eigenvalue weighted by Gasteiger charge is 2.21. The molecule has 0 fully saturated rings. The number of aryl methyl sites for hydroxylation is 3. The molecule has 0 aromatic heterocycles. The minimum absolute atomic E-state index is 0.0102. The van der Waals surface area contributed by atoms with Crippen LogP contribution in [0.4, 0.5) is 4.39 Å². The second-order valence-electron chi connectivity index (χ2n) is 4.98. The predicted molar refractivity (Wildman–Crippen MR) is 83.8 cm³/mol. The quantitative estimate of drug-likeness (QED) is 0.728. The molecule has 1 unspecified atom stereocenters. The molecular formula is C16H15BrClFO. The van der Waals surface area contributed by atoms with Gasteiger partial charge in [-0.05, 0) is 59.5 Å². The van der Waals surface area contributed by atoms with Gasteiger partial charge >= 0.3 is 0 Å². The Hall–Kier alpha value is -0.900. The average Bonchev–Trinajstić information content (AvgIpc) is 2.34. The first-order valence-electron chi connectivity index (χ1n) is 6.22. The van der Waals surface area contributed by atoms with Crippen LogP contribution in [-0.4, -0.2) is 5.11 Å². The molecule has 0 bridgehead atoms. The van der Waals surface area contributed by atoms with Gasteiger partial charge in [0.2, 0.25) is 0 Å². The zero-order valence-electron chi connectivity index (χ0n) is 11.5. The van der Waals surface area contributed by atoms with Crippen LogP contribution in [0, 0.1) is 26.6 Å². The Kier molecular flexibility index (Phi) is 4.52. The Bertz CT molecular complexity index is 647. The number of aliphatic hydroxyl groups is 1. The van der Waals surface area contributed by atoms with Gasteiger partial charge in [-0.1, -0.05) is 35.4 Å². The maximum absolute atomic E-state index is 14.2. The molecule has 2 rings (SSSR count). The molecule has 0 heterocycles. The Morgan fingerprint density at radius 3 is 2.25 bits per heavy atom. The minimum atomic E-state index is -1.03. The van der Waals surface area contributed by atoms with E-state index in [1.54, 1.807) is 12.1 Å². The molecule has 0 radical (unpaired) electrons. The van der Waals surface area contributed by atoms with E-state index in [4.69, 9.17) is 11.6 Å². The van der Waals surface area contributed by atoms with Crippen LogP contribution in [0.3, 0.4) is 0 Å². The topological polar surface area (TPSA) is 20.2 Å². The van der Waals surface area contributed by atoms with Crippen molar-refractivity contribution in [2.24, 2.45) is 0 Å². The van der Waals surface area contributed by atoms with Crippen LogP contribution in [0.15, 0.2) is 28.7 Å². The first-order valence-corrected chi connectivity index (χ1v) is 7.39. The molecule has 0 aliphatic carbocycles. The highest BCUT2D eigenvalue weighted by molar-refractivity contribution is 9.10. The van der Waals surface area contributed by atoms with Gasteiger partial charge in [-0.3, -0.25) is 0 Å². The molecule has 0 spiro atoms. The summed E-state index contributed by atoms with van der Waals surface area (Å²) in [5.74, 6) is -0.590. The monoisotopic (exact) mass is 356 g/mol. The highest BCUT2D eigenvalue weighted by atomic mass is 79.9. The first-order chi connectivity index (χ1) is 9.32. The van der Waals surface area contributed by atoms with Gasteiger partial charge in [0.1, 0.15) is 11.9 Å². The van der Waals surface area contributed by atoms with Crippen LogP contribution < -0.4 is 0 Å². The number of benzene rings is 2. The van der Waals surface area contributed by atoms with Gasteiger partial charge in [-0.2, -0.15) is 0 Å². The molecule has 0 saturated heterocycles. The molecule has 1 nitrogen and oxygen atoms in total. The lowest BCUT2D eigenvalue weighted by molar-refractivity contribution is 0.213. The third-order valence-electron chi connectivity index (χ3n) is 3.37. The smallest absolute Gasteiger partial charge is 0.149 e.